The molecule has 23 heavy (non-hydrogen) atoms. The molecule has 0 unspecified atom stereocenters. The first-order valence-corrected chi connectivity index (χ1v) is 8.19. The Morgan fingerprint density at radius 1 is 1.22 bits per heavy atom. The molecule has 1 aromatic heterocycles. The van der Waals surface area contributed by atoms with E-state index in [4.69, 9.17) is 0 Å². The number of anilines is 1. The molecule has 2 amide bonds. The number of amides is 2. The van der Waals surface area contributed by atoms with Gasteiger partial charge in [-0.25, -0.2) is 9.97 Å². The van der Waals surface area contributed by atoms with Crippen molar-refractivity contribution in [1.82, 2.24) is 20.2 Å². The Balaban J connectivity index is 1.70. The molecule has 7 nitrogen and oxygen atoms in total. The Kier molecular flexibility index (Phi) is 6.31. The molecule has 0 spiro atoms. The standard InChI is InChI=1S/C16H25N5O2/c1-3-13(2)15(23)17-8-5-14(22)20-9-11-21(12-10-20)16-18-6-4-7-19-16/h4,6-7,13H,3,5,8-12H2,1-2H3,(H,17,23)/t13-/m1/s1. The summed E-state index contributed by atoms with van der Waals surface area (Å²) in [4.78, 5) is 36.2. The van der Waals surface area contributed by atoms with Crippen LogP contribution in [0.3, 0.4) is 0 Å². The minimum Gasteiger partial charge on any atom is -0.355 e. The van der Waals surface area contributed by atoms with Crippen LogP contribution in [0.2, 0.25) is 0 Å². The van der Waals surface area contributed by atoms with Crippen LogP contribution in [0.25, 0.3) is 0 Å². The van der Waals surface area contributed by atoms with Crippen LogP contribution in [0, 0.1) is 5.92 Å². The topological polar surface area (TPSA) is 78.4 Å². The van der Waals surface area contributed by atoms with Crippen LogP contribution in [0.1, 0.15) is 26.7 Å². The van der Waals surface area contributed by atoms with E-state index >= 15 is 0 Å². The summed E-state index contributed by atoms with van der Waals surface area (Å²) in [5, 5.41) is 2.82. The van der Waals surface area contributed by atoms with Gasteiger partial charge in [-0.2, -0.15) is 0 Å². The number of carbonyl (C=O) groups is 2. The molecule has 1 aliphatic heterocycles. The zero-order valence-corrected chi connectivity index (χ0v) is 13.9. The van der Waals surface area contributed by atoms with Crippen molar-refractivity contribution in [3.05, 3.63) is 18.5 Å². The molecule has 2 heterocycles. The largest absolute Gasteiger partial charge is 0.355 e. The minimum absolute atomic E-state index is 0.000445. The van der Waals surface area contributed by atoms with E-state index in [1.165, 1.54) is 0 Å². The van der Waals surface area contributed by atoms with Crippen LogP contribution in [0.4, 0.5) is 5.95 Å². The molecular formula is C16H25N5O2. The summed E-state index contributed by atoms with van der Waals surface area (Å²) in [5.74, 6) is 0.814. The van der Waals surface area contributed by atoms with Crippen LogP contribution in [-0.4, -0.2) is 59.4 Å². The maximum Gasteiger partial charge on any atom is 0.225 e. The van der Waals surface area contributed by atoms with Gasteiger partial charge in [-0.3, -0.25) is 9.59 Å². The molecule has 0 saturated carbocycles. The Morgan fingerprint density at radius 2 is 1.87 bits per heavy atom. The highest BCUT2D eigenvalue weighted by molar-refractivity contribution is 5.80. The summed E-state index contributed by atoms with van der Waals surface area (Å²) in [5.41, 5.74) is 0. The normalized spacial score (nSPS) is 16.1. The van der Waals surface area contributed by atoms with Crippen molar-refractivity contribution in [2.75, 3.05) is 37.6 Å². The minimum atomic E-state index is -0.000445. The van der Waals surface area contributed by atoms with Gasteiger partial charge in [-0.1, -0.05) is 13.8 Å². The molecular weight excluding hydrogens is 294 g/mol. The van der Waals surface area contributed by atoms with E-state index in [2.05, 4.69) is 20.2 Å². The first-order chi connectivity index (χ1) is 11.1. The van der Waals surface area contributed by atoms with Gasteiger partial charge in [0, 0.05) is 57.5 Å². The van der Waals surface area contributed by atoms with Crippen LogP contribution in [-0.2, 0) is 9.59 Å². The summed E-state index contributed by atoms with van der Waals surface area (Å²) >= 11 is 0. The maximum absolute atomic E-state index is 12.2. The number of hydrogen-bond acceptors (Lipinski definition) is 5. The lowest BCUT2D eigenvalue weighted by Crippen LogP contribution is -2.49. The van der Waals surface area contributed by atoms with Crippen molar-refractivity contribution in [3.63, 3.8) is 0 Å². The number of carbonyl (C=O) groups excluding carboxylic acids is 2. The van der Waals surface area contributed by atoms with E-state index in [1.807, 2.05) is 18.7 Å². The molecule has 126 valence electrons. The van der Waals surface area contributed by atoms with Gasteiger partial charge in [-0.15, -0.1) is 0 Å². The first-order valence-electron chi connectivity index (χ1n) is 8.19. The summed E-state index contributed by atoms with van der Waals surface area (Å²) < 4.78 is 0. The maximum atomic E-state index is 12.2. The number of aromatic nitrogens is 2. The number of hydrogen-bond donors (Lipinski definition) is 1. The Labute approximate surface area is 137 Å². The zero-order chi connectivity index (χ0) is 16.7. The third kappa shape index (κ3) is 4.91. The van der Waals surface area contributed by atoms with Gasteiger partial charge in [0.05, 0.1) is 0 Å². The second-order valence-electron chi connectivity index (χ2n) is 5.77. The van der Waals surface area contributed by atoms with Gasteiger partial charge in [0.2, 0.25) is 17.8 Å². The fourth-order valence-electron chi connectivity index (χ4n) is 2.42. The fourth-order valence-corrected chi connectivity index (χ4v) is 2.42. The molecule has 1 aliphatic rings. The van der Waals surface area contributed by atoms with Gasteiger partial charge in [0.25, 0.3) is 0 Å². The van der Waals surface area contributed by atoms with E-state index < -0.39 is 0 Å². The lowest BCUT2D eigenvalue weighted by molar-refractivity contribution is -0.131. The summed E-state index contributed by atoms with van der Waals surface area (Å²) in [6, 6.07) is 1.79. The van der Waals surface area contributed by atoms with Crippen molar-refractivity contribution in [3.8, 4) is 0 Å². The molecule has 0 aliphatic carbocycles. The number of piperazine rings is 1. The van der Waals surface area contributed by atoms with Gasteiger partial charge < -0.3 is 15.1 Å². The highest BCUT2D eigenvalue weighted by Crippen LogP contribution is 2.10. The van der Waals surface area contributed by atoms with Crippen molar-refractivity contribution in [2.45, 2.75) is 26.7 Å². The molecule has 1 saturated heterocycles. The second-order valence-corrected chi connectivity index (χ2v) is 5.77. The third-order valence-electron chi connectivity index (χ3n) is 4.17. The number of rotatable bonds is 6. The van der Waals surface area contributed by atoms with Gasteiger partial charge in [-0.05, 0) is 12.5 Å². The van der Waals surface area contributed by atoms with E-state index in [1.54, 1.807) is 18.5 Å². The molecule has 0 radical (unpaired) electrons. The van der Waals surface area contributed by atoms with Gasteiger partial charge in [0.15, 0.2) is 0 Å². The Hall–Kier alpha value is -2.18. The highest BCUT2D eigenvalue weighted by Gasteiger charge is 2.22. The van der Waals surface area contributed by atoms with Gasteiger partial charge >= 0.3 is 0 Å². The lowest BCUT2D eigenvalue weighted by Gasteiger charge is -2.34. The molecule has 1 atom stereocenters. The molecule has 2 rings (SSSR count). The van der Waals surface area contributed by atoms with E-state index in [0.717, 1.165) is 19.5 Å². The van der Waals surface area contributed by atoms with E-state index in [-0.39, 0.29) is 17.7 Å². The molecule has 1 fully saturated rings. The predicted molar refractivity (Wildman–Crippen MR) is 87.9 cm³/mol. The van der Waals surface area contributed by atoms with Crippen LogP contribution in [0.15, 0.2) is 18.5 Å². The summed E-state index contributed by atoms with van der Waals surface area (Å²) in [6.07, 6.45) is 4.60. The predicted octanol–water partition coefficient (Wildman–Crippen LogP) is 0.678. The SMILES string of the molecule is CC[C@@H](C)C(=O)NCCC(=O)N1CCN(c2ncccn2)CC1. The molecule has 7 heteroatoms. The Bertz CT molecular complexity index is 514. The van der Waals surface area contributed by atoms with Crippen LogP contribution in [0.5, 0.6) is 0 Å². The number of nitrogens with zero attached hydrogens (tertiary/aromatic N) is 4. The summed E-state index contributed by atoms with van der Waals surface area (Å²) in [6.45, 7) is 7.06. The van der Waals surface area contributed by atoms with Crippen molar-refractivity contribution < 1.29 is 9.59 Å². The monoisotopic (exact) mass is 319 g/mol. The van der Waals surface area contributed by atoms with E-state index in [9.17, 15) is 9.59 Å². The Morgan fingerprint density at radius 3 is 2.48 bits per heavy atom. The van der Waals surface area contributed by atoms with Crippen LogP contribution < -0.4 is 10.2 Å². The van der Waals surface area contributed by atoms with E-state index in [0.29, 0.717) is 32.0 Å². The third-order valence-corrected chi connectivity index (χ3v) is 4.17. The zero-order valence-electron chi connectivity index (χ0n) is 13.9. The highest BCUT2D eigenvalue weighted by atomic mass is 16.2. The van der Waals surface area contributed by atoms with Crippen molar-refractivity contribution in [1.29, 1.82) is 0 Å². The molecule has 0 aromatic carbocycles. The van der Waals surface area contributed by atoms with Crippen molar-refractivity contribution >= 4 is 17.8 Å². The summed E-state index contributed by atoms with van der Waals surface area (Å²) in [7, 11) is 0. The molecule has 1 N–H and O–H groups in total. The molecule has 0 bridgehead atoms. The molecule has 1 aromatic rings. The first kappa shape index (κ1) is 17.2. The average molecular weight is 319 g/mol. The number of nitrogens with one attached hydrogen (secondary N) is 1. The quantitative estimate of drug-likeness (QED) is 0.834. The second kappa shape index (κ2) is 8.45. The average Bonchev–Trinajstić information content (AvgIpc) is 2.61. The smallest absolute Gasteiger partial charge is 0.225 e. The van der Waals surface area contributed by atoms with Gasteiger partial charge in [0.1, 0.15) is 0 Å². The lowest BCUT2D eigenvalue weighted by atomic mass is 10.1. The van der Waals surface area contributed by atoms with Crippen LogP contribution >= 0.6 is 0 Å². The fraction of sp³-hybridized carbons (Fsp3) is 0.625. The van der Waals surface area contributed by atoms with Crippen molar-refractivity contribution in [2.24, 2.45) is 5.92 Å².